The van der Waals surface area contributed by atoms with E-state index in [4.69, 9.17) is 4.74 Å². The SMILES string of the molecule is CCCCNC(=O)[C@@H](Cc1ccccc1)N(Cc1cccc(Br)c1)C(=O)CCCN(c1ccc(OCC)cc1)S(C)(=O)=O. The molecule has 10 heteroatoms. The molecule has 0 aliphatic rings. The van der Waals surface area contributed by atoms with Crippen molar-refractivity contribution in [2.24, 2.45) is 0 Å². The molecule has 0 saturated carbocycles. The topological polar surface area (TPSA) is 96.0 Å². The molecule has 43 heavy (non-hydrogen) atoms. The summed E-state index contributed by atoms with van der Waals surface area (Å²) in [4.78, 5) is 29.2. The van der Waals surface area contributed by atoms with Gasteiger partial charge in [0.15, 0.2) is 0 Å². The smallest absolute Gasteiger partial charge is 0.243 e. The largest absolute Gasteiger partial charge is 0.494 e. The predicted molar refractivity (Wildman–Crippen MR) is 176 cm³/mol. The molecule has 0 heterocycles. The number of hydrogen-bond donors (Lipinski definition) is 1. The molecule has 0 aliphatic heterocycles. The van der Waals surface area contributed by atoms with Crippen LogP contribution in [-0.4, -0.2) is 57.1 Å². The zero-order chi connectivity index (χ0) is 31.2. The minimum absolute atomic E-state index is 0.0740. The Morgan fingerprint density at radius 2 is 1.63 bits per heavy atom. The van der Waals surface area contributed by atoms with Crippen LogP contribution in [0.4, 0.5) is 5.69 Å². The molecule has 3 aromatic rings. The summed E-state index contributed by atoms with van der Waals surface area (Å²) < 4.78 is 33.0. The number of nitrogens with zero attached hydrogens (tertiary/aromatic N) is 2. The number of unbranched alkanes of at least 4 members (excludes halogenated alkanes) is 1. The molecule has 0 saturated heterocycles. The second kappa shape index (κ2) is 17.1. The van der Waals surface area contributed by atoms with Crippen molar-refractivity contribution in [2.45, 2.75) is 58.5 Å². The van der Waals surface area contributed by atoms with Gasteiger partial charge in [-0.25, -0.2) is 8.42 Å². The first-order valence-electron chi connectivity index (χ1n) is 14.7. The van der Waals surface area contributed by atoms with Crippen molar-refractivity contribution in [2.75, 3.05) is 30.3 Å². The average molecular weight is 673 g/mol. The van der Waals surface area contributed by atoms with Gasteiger partial charge in [0.1, 0.15) is 11.8 Å². The molecular weight excluding hydrogens is 630 g/mol. The van der Waals surface area contributed by atoms with Crippen LogP contribution in [0.1, 0.15) is 50.7 Å². The van der Waals surface area contributed by atoms with Gasteiger partial charge in [0.2, 0.25) is 21.8 Å². The van der Waals surface area contributed by atoms with Crippen molar-refractivity contribution in [1.82, 2.24) is 10.2 Å². The predicted octanol–water partition coefficient (Wildman–Crippen LogP) is 5.95. The van der Waals surface area contributed by atoms with Gasteiger partial charge in [-0.3, -0.25) is 13.9 Å². The van der Waals surface area contributed by atoms with E-state index in [1.165, 1.54) is 4.31 Å². The third-order valence-corrected chi connectivity index (χ3v) is 8.62. The molecule has 0 aliphatic carbocycles. The van der Waals surface area contributed by atoms with E-state index < -0.39 is 16.1 Å². The Bertz CT molecular complexity index is 1420. The van der Waals surface area contributed by atoms with Crippen molar-refractivity contribution in [3.05, 3.63) is 94.5 Å². The molecule has 0 radical (unpaired) electrons. The number of carbonyl (C=O) groups excluding carboxylic acids is 2. The third-order valence-electron chi connectivity index (χ3n) is 6.93. The number of anilines is 1. The fourth-order valence-corrected chi connectivity index (χ4v) is 6.18. The Kier molecular flexibility index (Phi) is 13.5. The summed E-state index contributed by atoms with van der Waals surface area (Å²) in [5.74, 6) is 0.235. The zero-order valence-electron chi connectivity index (χ0n) is 25.2. The van der Waals surface area contributed by atoms with Gasteiger partial charge in [-0.2, -0.15) is 0 Å². The molecule has 0 unspecified atom stereocenters. The summed E-state index contributed by atoms with van der Waals surface area (Å²) in [5, 5.41) is 3.03. The molecular formula is C33H42BrN3O5S. The maximum atomic E-state index is 13.9. The summed E-state index contributed by atoms with van der Waals surface area (Å²) in [6.07, 6.45) is 3.65. The van der Waals surface area contributed by atoms with Crippen LogP contribution in [0.2, 0.25) is 0 Å². The zero-order valence-corrected chi connectivity index (χ0v) is 27.6. The Morgan fingerprint density at radius 1 is 0.930 bits per heavy atom. The molecule has 1 N–H and O–H groups in total. The summed E-state index contributed by atoms with van der Waals surface area (Å²) in [7, 11) is -3.60. The van der Waals surface area contributed by atoms with Crippen molar-refractivity contribution < 1.29 is 22.7 Å². The lowest BCUT2D eigenvalue weighted by Gasteiger charge is -2.32. The highest BCUT2D eigenvalue weighted by atomic mass is 79.9. The number of benzene rings is 3. The van der Waals surface area contributed by atoms with Crippen LogP contribution in [0.25, 0.3) is 0 Å². The van der Waals surface area contributed by atoms with E-state index in [2.05, 4.69) is 28.2 Å². The Labute approximate surface area is 264 Å². The van der Waals surface area contributed by atoms with E-state index in [1.54, 1.807) is 29.2 Å². The van der Waals surface area contributed by atoms with E-state index in [0.717, 1.165) is 34.7 Å². The highest BCUT2D eigenvalue weighted by Gasteiger charge is 2.30. The second-order valence-corrected chi connectivity index (χ2v) is 13.2. The molecule has 3 aromatic carbocycles. The van der Waals surface area contributed by atoms with E-state index in [-0.39, 0.29) is 37.7 Å². The van der Waals surface area contributed by atoms with E-state index in [0.29, 0.717) is 31.0 Å². The number of rotatable bonds is 17. The van der Waals surface area contributed by atoms with E-state index in [1.807, 2.05) is 61.5 Å². The van der Waals surface area contributed by atoms with Gasteiger partial charge < -0.3 is 15.0 Å². The Balaban J connectivity index is 1.85. The summed E-state index contributed by atoms with van der Waals surface area (Å²) in [6, 6.07) is 23.5. The number of halogens is 1. The number of carbonyl (C=O) groups is 2. The number of amides is 2. The van der Waals surface area contributed by atoms with Gasteiger partial charge in [-0.15, -0.1) is 0 Å². The lowest BCUT2D eigenvalue weighted by molar-refractivity contribution is -0.141. The fraction of sp³-hybridized carbons (Fsp3) is 0.394. The van der Waals surface area contributed by atoms with Crippen LogP contribution < -0.4 is 14.4 Å². The lowest BCUT2D eigenvalue weighted by atomic mass is 10.0. The molecule has 1 atom stereocenters. The average Bonchev–Trinajstić information content (AvgIpc) is 2.98. The molecule has 8 nitrogen and oxygen atoms in total. The molecule has 0 spiro atoms. The fourth-order valence-electron chi connectivity index (χ4n) is 4.77. The third kappa shape index (κ3) is 11.0. The first-order valence-corrected chi connectivity index (χ1v) is 17.3. The highest BCUT2D eigenvalue weighted by Crippen LogP contribution is 2.23. The molecule has 0 fully saturated rings. The van der Waals surface area contributed by atoms with Gasteiger partial charge >= 0.3 is 0 Å². The molecule has 0 aromatic heterocycles. The van der Waals surface area contributed by atoms with Gasteiger partial charge in [0, 0.05) is 36.9 Å². The Morgan fingerprint density at radius 3 is 2.26 bits per heavy atom. The molecule has 0 bridgehead atoms. The van der Waals surface area contributed by atoms with Crippen molar-refractivity contribution >= 4 is 43.5 Å². The molecule has 232 valence electrons. The van der Waals surface area contributed by atoms with Gasteiger partial charge in [-0.05, 0) is 67.3 Å². The lowest BCUT2D eigenvalue weighted by Crippen LogP contribution is -2.50. The first-order chi connectivity index (χ1) is 20.6. The minimum Gasteiger partial charge on any atom is -0.494 e. The van der Waals surface area contributed by atoms with Gasteiger partial charge in [0.25, 0.3) is 0 Å². The number of nitrogens with one attached hydrogen (secondary N) is 1. The number of hydrogen-bond acceptors (Lipinski definition) is 5. The van der Waals surface area contributed by atoms with Crippen molar-refractivity contribution in [3.63, 3.8) is 0 Å². The maximum Gasteiger partial charge on any atom is 0.243 e. The number of ether oxygens (including phenoxy) is 1. The van der Waals surface area contributed by atoms with Crippen molar-refractivity contribution in [1.29, 1.82) is 0 Å². The quantitative estimate of drug-likeness (QED) is 0.179. The van der Waals surface area contributed by atoms with Crippen LogP contribution >= 0.6 is 15.9 Å². The second-order valence-electron chi connectivity index (χ2n) is 10.4. The summed E-state index contributed by atoms with van der Waals surface area (Å²) in [6.45, 7) is 5.35. The van der Waals surface area contributed by atoms with E-state index in [9.17, 15) is 18.0 Å². The van der Waals surface area contributed by atoms with Crippen LogP contribution in [0.3, 0.4) is 0 Å². The Hall–Kier alpha value is -3.37. The summed E-state index contributed by atoms with van der Waals surface area (Å²) >= 11 is 3.51. The van der Waals surface area contributed by atoms with Gasteiger partial charge in [-0.1, -0.05) is 71.7 Å². The van der Waals surface area contributed by atoms with Gasteiger partial charge in [0.05, 0.1) is 18.6 Å². The van der Waals surface area contributed by atoms with Crippen LogP contribution in [-0.2, 0) is 32.6 Å². The van der Waals surface area contributed by atoms with Crippen LogP contribution in [0.5, 0.6) is 5.75 Å². The number of sulfonamides is 1. The monoisotopic (exact) mass is 671 g/mol. The maximum absolute atomic E-state index is 13.9. The molecule has 3 rings (SSSR count). The normalized spacial score (nSPS) is 11.9. The summed E-state index contributed by atoms with van der Waals surface area (Å²) in [5.41, 5.74) is 2.33. The van der Waals surface area contributed by atoms with Crippen LogP contribution in [0.15, 0.2) is 83.3 Å². The molecule has 2 amide bonds. The van der Waals surface area contributed by atoms with Crippen molar-refractivity contribution in [3.8, 4) is 5.75 Å². The highest BCUT2D eigenvalue weighted by molar-refractivity contribution is 9.10. The van der Waals surface area contributed by atoms with Crippen LogP contribution in [0, 0.1) is 0 Å². The first kappa shape index (κ1) is 34.1. The standard InChI is InChI=1S/C33H42BrN3O5S/c1-4-6-21-35-33(39)31(24-26-12-8-7-9-13-26)36(25-27-14-10-15-28(34)23-27)32(38)16-11-22-37(43(3,40)41)29-17-19-30(20-18-29)42-5-2/h7-10,12-15,17-20,23,31H,4-6,11,16,21-22,24-25H2,1-3H3,(H,35,39)/t31-/m1/s1. The minimum atomic E-state index is -3.60. The van der Waals surface area contributed by atoms with E-state index >= 15 is 0 Å².